The number of alkyl halides is 3. The number of carbonyl (C=O) groups is 1. The summed E-state index contributed by atoms with van der Waals surface area (Å²) in [6, 6.07) is 5.38. The van der Waals surface area contributed by atoms with E-state index in [1.54, 1.807) is 6.92 Å². The third-order valence-corrected chi connectivity index (χ3v) is 2.53. The molecule has 0 heterocycles. The standard InChI is InChI=1S/C13H16F3NO2/c1-3-17-8-9(2)12(18)10-6-4-5-7-11(10)19-13(14,15)16/h4-7,9,17H,3,8H2,1-2H3. The molecule has 106 valence electrons. The highest BCUT2D eigenvalue weighted by molar-refractivity contribution is 6.00. The molecule has 0 spiro atoms. The van der Waals surface area contributed by atoms with Crippen molar-refractivity contribution in [3.8, 4) is 5.75 Å². The van der Waals surface area contributed by atoms with Gasteiger partial charge >= 0.3 is 6.36 Å². The van der Waals surface area contributed by atoms with Gasteiger partial charge in [-0.1, -0.05) is 26.0 Å². The number of Topliss-reactive ketones (excluding diaryl/α,β-unsaturated/α-hetero) is 1. The van der Waals surface area contributed by atoms with Crippen LogP contribution in [0.4, 0.5) is 13.2 Å². The molecule has 0 aliphatic heterocycles. The highest BCUT2D eigenvalue weighted by Gasteiger charge is 2.33. The maximum absolute atomic E-state index is 12.2. The van der Waals surface area contributed by atoms with E-state index >= 15 is 0 Å². The number of carbonyl (C=O) groups excluding carboxylic acids is 1. The molecule has 0 aromatic heterocycles. The minimum absolute atomic E-state index is 0.0507. The summed E-state index contributed by atoms with van der Waals surface area (Å²) in [5, 5.41) is 2.98. The van der Waals surface area contributed by atoms with Crippen LogP contribution in [0.3, 0.4) is 0 Å². The van der Waals surface area contributed by atoms with Crippen LogP contribution in [0.1, 0.15) is 24.2 Å². The third kappa shape index (κ3) is 4.90. The summed E-state index contributed by atoms with van der Waals surface area (Å²) >= 11 is 0. The van der Waals surface area contributed by atoms with E-state index in [0.29, 0.717) is 13.1 Å². The molecular formula is C13H16F3NO2. The number of benzene rings is 1. The minimum atomic E-state index is -4.80. The third-order valence-electron chi connectivity index (χ3n) is 2.53. The molecule has 1 rings (SSSR count). The molecule has 0 amide bonds. The van der Waals surface area contributed by atoms with Crippen molar-refractivity contribution in [1.29, 1.82) is 0 Å². The Kier molecular flexibility index (Phi) is 5.35. The van der Waals surface area contributed by atoms with Crippen molar-refractivity contribution in [3.05, 3.63) is 29.8 Å². The Morgan fingerprint density at radius 1 is 1.37 bits per heavy atom. The van der Waals surface area contributed by atoms with Gasteiger partial charge in [-0.25, -0.2) is 0 Å². The lowest BCUT2D eigenvalue weighted by molar-refractivity contribution is -0.274. The molecule has 1 atom stereocenters. The number of rotatable bonds is 6. The van der Waals surface area contributed by atoms with Gasteiger partial charge in [0.25, 0.3) is 0 Å². The number of ketones is 1. The average molecular weight is 275 g/mol. The van der Waals surface area contributed by atoms with E-state index in [1.807, 2.05) is 6.92 Å². The number of hydrogen-bond donors (Lipinski definition) is 1. The molecule has 1 aromatic rings. The van der Waals surface area contributed by atoms with Gasteiger partial charge < -0.3 is 10.1 Å². The van der Waals surface area contributed by atoms with Crippen molar-refractivity contribution in [3.63, 3.8) is 0 Å². The fourth-order valence-electron chi connectivity index (χ4n) is 1.60. The van der Waals surface area contributed by atoms with E-state index in [1.165, 1.54) is 18.2 Å². The summed E-state index contributed by atoms with van der Waals surface area (Å²) in [5.41, 5.74) is -0.0507. The van der Waals surface area contributed by atoms with Crippen LogP contribution in [0.2, 0.25) is 0 Å². The van der Waals surface area contributed by atoms with Gasteiger partial charge in [0.1, 0.15) is 5.75 Å². The molecule has 0 radical (unpaired) electrons. The lowest BCUT2D eigenvalue weighted by atomic mass is 9.98. The molecule has 0 saturated heterocycles. The molecule has 0 saturated carbocycles. The van der Waals surface area contributed by atoms with Gasteiger partial charge in [-0.2, -0.15) is 0 Å². The van der Waals surface area contributed by atoms with Gasteiger partial charge in [0.15, 0.2) is 5.78 Å². The number of halogens is 3. The zero-order chi connectivity index (χ0) is 14.5. The Balaban J connectivity index is 2.90. The predicted molar refractivity (Wildman–Crippen MR) is 65.2 cm³/mol. The Bertz CT molecular complexity index is 432. The fraction of sp³-hybridized carbons (Fsp3) is 0.462. The van der Waals surface area contributed by atoms with Crippen molar-refractivity contribution in [2.45, 2.75) is 20.2 Å². The van der Waals surface area contributed by atoms with Crippen LogP contribution in [-0.2, 0) is 0 Å². The molecule has 1 unspecified atom stereocenters. The van der Waals surface area contributed by atoms with Gasteiger partial charge in [0.2, 0.25) is 0 Å². The topological polar surface area (TPSA) is 38.3 Å². The van der Waals surface area contributed by atoms with Gasteiger partial charge in [-0.15, -0.1) is 13.2 Å². The predicted octanol–water partition coefficient (Wildman–Crippen LogP) is 3.01. The van der Waals surface area contributed by atoms with Crippen molar-refractivity contribution >= 4 is 5.78 Å². The SMILES string of the molecule is CCNCC(C)C(=O)c1ccccc1OC(F)(F)F. The van der Waals surface area contributed by atoms with Crippen molar-refractivity contribution in [2.75, 3.05) is 13.1 Å². The Labute approximate surface area is 109 Å². The lowest BCUT2D eigenvalue weighted by Crippen LogP contribution is -2.27. The van der Waals surface area contributed by atoms with Crippen LogP contribution in [0.25, 0.3) is 0 Å². The van der Waals surface area contributed by atoms with Crippen molar-refractivity contribution < 1.29 is 22.7 Å². The number of nitrogens with one attached hydrogen (secondary N) is 1. The maximum Gasteiger partial charge on any atom is 0.573 e. The minimum Gasteiger partial charge on any atom is -0.405 e. The quantitative estimate of drug-likeness (QED) is 0.811. The second kappa shape index (κ2) is 6.56. The van der Waals surface area contributed by atoms with E-state index in [4.69, 9.17) is 0 Å². The first-order valence-electron chi connectivity index (χ1n) is 5.95. The zero-order valence-electron chi connectivity index (χ0n) is 10.8. The summed E-state index contributed by atoms with van der Waals surface area (Å²) in [6.45, 7) is 4.65. The van der Waals surface area contributed by atoms with Crippen LogP contribution in [0.15, 0.2) is 24.3 Å². The second-order valence-corrected chi connectivity index (χ2v) is 4.12. The first kappa shape index (κ1) is 15.5. The average Bonchev–Trinajstić information content (AvgIpc) is 2.34. The monoisotopic (exact) mass is 275 g/mol. The summed E-state index contributed by atoms with van der Waals surface area (Å²) in [7, 11) is 0. The van der Waals surface area contributed by atoms with Gasteiger partial charge in [-0.05, 0) is 18.7 Å². The molecule has 0 aliphatic carbocycles. The highest BCUT2D eigenvalue weighted by Crippen LogP contribution is 2.27. The molecule has 1 N–H and O–H groups in total. The molecular weight excluding hydrogens is 259 g/mol. The number of para-hydroxylation sites is 1. The summed E-state index contributed by atoms with van der Waals surface area (Å²) in [6.07, 6.45) is -4.80. The summed E-state index contributed by atoms with van der Waals surface area (Å²) < 4.78 is 40.6. The molecule has 19 heavy (non-hydrogen) atoms. The van der Waals surface area contributed by atoms with Crippen LogP contribution < -0.4 is 10.1 Å². The Hall–Kier alpha value is -1.56. The lowest BCUT2D eigenvalue weighted by Gasteiger charge is -2.15. The maximum atomic E-state index is 12.2. The molecule has 0 bridgehead atoms. The molecule has 6 heteroatoms. The number of hydrogen-bond acceptors (Lipinski definition) is 3. The van der Waals surface area contributed by atoms with Gasteiger partial charge in [0.05, 0.1) is 5.56 Å². The largest absolute Gasteiger partial charge is 0.573 e. The molecule has 0 fully saturated rings. The summed E-state index contributed by atoms with van der Waals surface area (Å²) in [5.74, 6) is -1.25. The first-order valence-corrected chi connectivity index (χ1v) is 5.95. The van der Waals surface area contributed by atoms with Crippen LogP contribution in [-0.4, -0.2) is 25.2 Å². The Morgan fingerprint density at radius 3 is 2.58 bits per heavy atom. The smallest absolute Gasteiger partial charge is 0.405 e. The van der Waals surface area contributed by atoms with E-state index in [0.717, 1.165) is 6.07 Å². The highest BCUT2D eigenvalue weighted by atomic mass is 19.4. The number of ether oxygens (including phenoxy) is 1. The van der Waals surface area contributed by atoms with Crippen LogP contribution >= 0.6 is 0 Å². The second-order valence-electron chi connectivity index (χ2n) is 4.12. The van der Waals surface area contributed by atoms with Crippen LogP contribution in [0, 0.1) is 5.92 Å². The van der Waals surface area contributed by atoms with Crippen LogP contribution in [0.5, 0.6) is 5.75 Å². The fourth-order valence-corrected chi connectivity index (χ4v) is 1.60. The molecule has 0 aliphatic rings. The van der Waals surface area contributed by atoms with E-state index in [2.05, 4.69) is 10.1 Å². The first-order chi connectivity index (χ1) is 8.85. The molecule has 3 nitrogen and oxygen atoms in total. The van der Waals surface area contributed by atoms with E-state index < -0.39 is 18.0 Å². The Morgan fingerprint density at radius 2 is 2.00 bits per heavy atom. The normalized spacial score (nSPS) is 13.1. The zero-order valence-corrected chi connectivity index (χ0v) is 10.8. The van der Waals surface area contributed by atoms with E-state index in [9.17, 15) is 18.0 Å². The van der Waals surface area contributed by atoms with Crippen molar-refractivity contribution in [1.82, 2.24) is 5.32 Å². The van der Waals surface area contributed by atoms with Gasteiger partial charge in [0, 0.05) is 12.5 Å². The van der Waals surface area contributed by atoms with E-state index in [-0.39, 0.29) is 11.3 Å². The van der Waals surface area contributed by atoms with Gasteiger partial charge in [-0.3, -0.25) is 4.79 Å². The molecule has 1 aromatic carbocycles. The van der Waals surface area contributed by atoms with Crippen molar-refractivity contribution in [2.24, 2.45) is 5.92 Å². The summed E-state index contributed by atoms with van der Waals surface area (Å²) in [4.78, 5) is 12.1.